The molecule has 1 aliphatic rings. The van der Waals surface area contributed by atoms with E-state index >= 15 is 0 Å². The van der Waals surface area contributed by atoms with Crippen LogP contribution >= 0.6 is 22.6 Å². The minimum Gasteiger partial charge on any atom is -0.267 e. The molecule has 25 heavy (non-hydrogen) atoms. The molecule has 1 N–H and O–H groups in total. The van der Waals surface area contributed by atoms with Gasteiger partial charge in [0.1, 0.15) is 0 Å². The smallest absolute Gasteiger partial charge is 0.267 e. The minimum absolute atomic E-state index is 0.0310. The number of halogens is 1. The lowest BCUT2D eigenvalue weighted by molar-refractivity contribution is 0.276. The lowest BCUT2D eigenvalue weighted by Crippen LogP contribution is -2.46. The van der Waals surface area contributed by atoms with E-state index in [1.807, 2.05) is 35.0 Å². The number of nitrogens with zero attached hydrogens (tertiary/aromatic N) is 1. The van der Waals surface area contributed by atoms with Crippen LogP contribution in [0.1, 0.15) is 39.0 Å². The first-order valence-electron chi connectivity index (χ1n) is 8.46. The van der Waals surface area contributed by atoms with Gasteiger partial charge >= 0.3 is 0 Å². The highest BCUT2D eigenvalue weighted by Crippen LogP contribution is 2.51. The van der Waals surface area contributed by atoms with E-state index in [2.05, 4.69) is 73.6 Å². The van der Waals surface area contributed by atoms with Crippen LogP contribution in [0.3, 0.4) is 0 Å². The zero-order valence-electron chi connectivity index (χ0n) is 14.9. The van der Waals surface area contributed by atoms with Crippen molar-refractivity contribution in [1.82, 2.24) is 9.78 Å². The van der Waals surface area contributed by atoms with E-state index in [4.69, 9.17) is 0 Å². The van der Waals surface area contributed by atoms with Gasteiger partial charge in [0.15, 0.2) is 0 Å². The average Bonchev–Trinajstić information content (AvgIpc) is 2.92. The summed E-state index contributed by atoms with van der Waals surface area (Å²) in [6, 6.07) is 16.4. The summed E-state index contributed by atoms with van der Waals surface area (Å²) in [5.74, 6) is 0. The Morgan fingerprint density at radius 2 is 1.64 bits per heavy atom. The lowest BCUT2D eigenvalue weighted by atomic mass is 9.59. The van der Waals surface area contributed by atoms with Crippen molar-refractivity contribution in [3.63, 3.8) is 0 Å². The SMILES string of the molecule is CC1(C)c2cc(I)ccc2-n2[nH]c(=O)c(-c3ccccc3)c2C1(C)C. The molecule has 2 heterocycles. The van der Waals surface area contributed by atoms with Gasteiger partial charge in [0.25, 0.3) is 5.56 Å². The van der Waals surface area contributed by atoms with Crippen molar-refractivity contribution in [2.24, 2.45) is 0 Å². The summed E-state index contributed by atoms with van der Waals surface area (Å²) in [6.45, 7) is 9.03. The Morgan fingerprint density at radius 3 is 2.32 bits per heavy atom. The summed E-state index contributed by atoms with van der Waals surface area (Å²) < 4.78 is 3.21. The molecule has 4 heteroatoms. The summed E-state index contributed by atoms with van der Waals surface area (Å²) >= 11 is 2.35. The van der Waals surface area contributed by atoms with E-state index in [0.29, 0.717) is 0 Å². The number of hydrogen-bond donors (Lipinski definition) is 1. The van der Waals surface area contributed by atoms with Gasteiger partial charge in [-0.25, -0.2) is 0 Å². The molecule has 0 atom stereocenters. The van der Waals surface area contributed by atoms with Crippen LogP contribution < -0.4 is 5.56 Å². The monoisotopic (exact) mass is 444 g/mol. The predicted octanol–water partition coefficient (Wildman–Crippen LogP) is 5.01. The molecular formula is C21H21IN2O. The van der Waals surface area contributed by atoms with Gasteiger partial charge in [0.05, 0.1) is 16.9 Å². The molecule has 0 amide bonds. The van der Waals surface area contributed by atoms with Gasteiger partial charge in [0.2, 0.25) is 0 Å². The molecule has 0 saturated heterocycles. The number of rotatable bonds is 1. The highest BCUT2D eigenvalue weighted by Gasteiger charge is 2.48. The van der Waals surface area contributed by atoms with Crippen LogP contribution in [0.2, 0.25) is 0 Å². The van der Waals surface area contributed by atoms with Gasteiger partial charge in [-0.3, -0.25) is 14.6 Å². The number of aromatic amines is 1. The molecule has 0 radical (unpaired) electrons. The molecule has 3 nitrogen and oxygen atoms in total. The molecule has 0 fully saturated rings. The fraction of sp³-hybridized carbons (Fsp3) is 0.286. The maximum Gasteiger partial charge on any atom is 0.272 e. The molecular weight excluding hydrogens is 423 g/mol. The Labute approximate surface area is 161 Å². The molecule has 2 aromatic carbocycles. The maximum atomic E-state index is 12.9. The van der Waals surface area contributed by atoms with Gasteiger partial charge in [-0.1, -0.05) is 58.0 Å². The van der Waals surface area contributed by atoms with E-state index in [9.17, 15) is 4.79 Å². The van der Waals surface area contributed by atoms with Crippen molar-refractivity contribution in [3.05, 3.63) is 73.7 Å². The molecule has 3 aromatic rings. The Kier molecular flexibility index (Phi) is 3.55. The van der Waals surface area contributed by atoms with Gasteiger partial charge in [-0.05, 0) is 51.9 Å². The van der Waals surface area contributed by atoms with Crippen molar-refractivity contribution in [2.45, 2.75) is 38.5 Å². The standard InChI is InChI=1S/C21H21IN2O/c1-20(2)15-12-14(22)10-11-16(15)24-18(21(20,3)4)17(19(25)23-24)13-8-6-5-7-9-13/h5-12H,1-4H3,(H,23,25). The van der Waals surface area contributed by atoms with Crippen LogP contribution in [0.4, 0.5) is 0 Å². The molecule has 0 unspecified atom stereocenters. The molecule has 0 aliphatic carbocycles. The third kappa shape index (κ3) is 2.19. The Bertz CT molecular complexity index is 1030. The van der Waals surface area contributed by atoms with Crippen molar-refractivity contribution < 1.29 is 0 Å². The van der Waals surface area contributed by atoms with Gasteiger partial charge in [-0.2, -0.15) is 0 Å². The number of benzene rings is 2. The summed E-state index contributed by atoms with van der Waals surface area (Å²) in [5, 5.41) is 3.09. The first kappa shape index (κ1) is 16.6. The number of hydrogen-bond acceptors (Lipinski definition) is 1. The Morgan fingerprint density at radius 1 is 0.960 bits per heavy atom. The summed E-state index contributed by atoms with van der Waals surface area (Å²) in [7, 11) is 0. The van der Waals surface area contributed by atoms with E-state index in [-0.39, 0.29) is 16.4 Å². The van der Waals surface area contributed by atoms with Crippen LogP contribution in [-0.4, -0.2) is 9.78 Å². The molecule has 1 aliphatic heterocycles. The Balaban J connectivity index is 2.14. The van der Waals surface area contributed by atoms with Gasteiger partial charge in [-0.15, -0.1) is 0 Å². The number of fused-ring (bicyclic) bond motifs is 3. The highest BCUT2D eigenvalue weighted by molar-refractivity contribution is 14.1. The molecule has 0 bridgehead atoms. The quantitative estimate of drug-likeness (QED) is 0.527. The second-order valence-electron chi connectivity index (χ2n) is 7.78. The largest absolute Gasteiger partial charge is 0.272 e. The third-order valence-corrected chi connectivity index (χ3v) is 6.66. The van der Waals surface area contributed by atoms with E-state index in [1.165, 1.54) is 9.13 Å². The van der Waals surface area contributed by atoms with Crippen molar-refractivity contribution in [3.8, 4) is 16.8 Å². The van der Waals surface area contributed by atoms with Crippen LogP contribution in [0.25, 0.3) is 16.8 Å². The second kappa shape index (κ2) is 5.34. The van der Waals surface area contributed by atoms with Crippen molar-refractivity contribution in [1.29, 1.82) is 0 Å². The maximum absolute atomic E-state index is 12.9. The number of aromatic nitrogens is 2. The predicted molar refractivity (Wildman–Crippen MR) is 111 cm³/mol. The Hall–Kier alpha value is -1.82. The first-order valence-corrected chi connectivity index (χ1v) is 9.54. The third-order valence-electron chi connectivity index (χ3n) is 5.99. The van der Waals surface area contributed by atoms with Crippen LogP contribution in [0.5, 0.6) is 0 Å². The summed E-state index contributed by atoms with van der Waals surface area (Å²) in [5.41, 5.74) is 4.79. The minimum atomic E-state index is -0.214. The molecule has 0 spiro atoms. The average molecular weight is 444 g/mol. The van der Waals surface area contributed by atoms with E-state index in [1.54, 1.807) is 0 Å². The van der Waals surface area contributed by atoms with Crippen molar-refractivity contribution in [2.75, 3.05) is 0 Å². The highest BCUT2D eigenvalue weighted by atomic mass is 127. The van der Waals surface area contributed by atoms with Gasteiger partial charge < -0.3 is 0 Å². The fourth-order valence-corrected chi connectivity index (χ4v) is 4.41. The fourth-order valence-electron chi connectivity index (χ4n) is 3.91. The van der Waals surface area contributed by atoms with Crippen LogP contribution in [0.15, 0.2) is 53.3 Å². The normalized spacial score (nSPS) is 17.0. The summed E-state index contributed by atoms with van der Waals surface area (Å²) in [6.07, 6.45) is 0. The van der Waals surface area contributed by atoms with Crippen molar-refractivity contribution >= 4 is 22.6 Å². The number of H-pyrrole nitrogens is 1. The lowest BCUT2D eigenvalue weighted by Gasteiger charge is -2.47. The topological polar surface area (TPSA) is 37.8 Å². The molecule has 1 aromatic heterocycles. The zero-order chi connectivity index (χ0) is 18.0. The van der Waals surface area contributed by atoms with Gasteiger partial charge in [0, 0.05) is 14.4 Å². The van der Waals surface area contributed by atoms with E-state index < -0.39 is 0 Å². The zero-order valence-corrected chi connectivity index (χ0v) is 17.0. The van der Waals surface area contributed by atoms with Crippen LogP contribution in [0, 0.1) is 3.57 Å². The van der Waals surface area contributed by atoms with E-state index in [0.717, 1.165) is 22.5 Å². The first-order chi connectivity index (χ1) is 11.7. The number of nitrogens with one attached hydrogen (secondary N) is 1. The summed E-state index contributed by atoms with van der Waals surface area (Å²) in [4.78, 5) is 12.9. The second-order valence-corrected chi connectivity index (χ2v) is 9.02. The van der Waals surface area contributed by atoms with Crippen LogP contribution in [-0.2, 0) is 10.8 Å². The molecule has 4 rings (SSSR count). The molecule has 128 valence electrons. The molecule has 0 saturated carbocycles.